The van der Waals surface area contributed by atoms with E-state index in [1.165, 1.54) is 21.3 Å². The number of benzene rings is 2. The van der Waals surface area contributed by atoms with E-state index in [4.69, 9.17) is 30.5 Å². The minimum atomic E-state index is -0.549. The predicted molar refractivity (Wildman–Crippen MR) is 98.2 cm³/mol. The van der Waals surface area contributed by atoms with E-state index in [9.17, 15) is 4.79 Å². The summed E-state index contributed by atoms with van der Waals surface area (Å²) in [5, 5.41) is 0.588. The van der Waals surface area contributed by atoms with Gasteiger partial charge in [-0.3, -0.25) is 0 Å². The van der Waals surface area contributed by atoms with Crippen LogP contribution in [0.25, 0.3) is 6.08 Å². The molecule has 0 amide bonds. The third kappa shape index (κ3) is 3.36. The zero-order valence-corrected chi connectivity index (χ0v) is 15.2. The van der Waals surface area contributed by atoms with Gasteiger partial charge in [-0.25, -0.2) is 9.79 Å². The van der Waals surface area contributed by atoms with Crippen molar-refractivity contribution in [3.63, 3.8) is 0 Å². The van der Waals surface area contributed by atoms with Crippen molar-refractivity contribution in [2.75, 3.05) is 21.3 Å². The van der Waals surface area contributed by atoms with Crippen LogP contribution in [0.3, 0.4) is 0 Å². The molecule has 0 aromatic heterocycles. The number of carbonyl (C=O) groups is 1. The lowest BCUT2D eigenvalue weighted by Crippen LogP contribution is -2.05. The van der Waals surface area contributed by atoms with Crippen molar-refractivity contribution in [3.05, 3.63) is 58.2 Å². The highest BCUT2D eigenvalue weighted by atomic mass is 35.5. The summed E-state index contributed by atoms with van der Waals surface area (Å²) in [5.74, 6) is 1.05. The van der Waals surface area contributed by atoms with E-state index in [1.54, 1.807) is 42.5 Å². The van der Waals surface area contributed by atoms with E-state index in [1.807, 2.05) is 0 Å². The fourth-order valence-electron chi connectivity index (χ4n) is 2.51. The summed E-state index contributed by atoms with van der Waals surface area (Å²) >= 11 is 5.87. The summed E-state index contributed by atoms with van der Waals surface area (Å²) in [5.41, 5.74) is 1.42. The third-order valence-electron chi connectivity index (χ3n) is 3.74. The molecule has 1 aliphatic rings. The van der Waals surface area contributed by atoms with E-state index in [0.29, 0.717) is 33.4 Å². The molecule has 0 atom stereocenters. The third-order valence-corrected chi connectivity index (χ3v) is 3.99. The topological polar surface area (TPSA) is 66.4 Å². The summed E-state index contributed by atoms with van der Waals surface area (Å²) in [6.45, 7) is 0. The first-order chi connectivity index (χ1) is 12.6. The lowest BCUT2D eigenvalue weighted by Gasteiger charge is -2.14. The lowest BCUT2D eigenvalue weighted by molar-refractivity contribution is -0.129. The fraction of sp³-hybridized carbons (Fsp3) is 0.158. The number of methoxy groups -OCH3 is 3. The van der Waals surface area contributed by atoms with Crippen LogP contribution in [0.15, 0.2) is 47.1 Å². The molecule has 0 saturated heterocycles. The van der Waals surface area contributed by atoms with Gasteiger partial charge in [-0.1, -0.05) is 11.6 Å². The molecule has 0 radical (unpaired) electrons. The molecule has 1 heterocycles. The van der Waals surface area contributed by atoms with Crippen LogP contribution in [-0.2, 0) is 9.53 Å². The maximum atomic E-state index is 12.2. The first-order valence-electron chi connectivity index (χ1n) is 7.65. The van der Waals surface area contributed by atoms with Crippen LogP contribution in [0.1, 0.15) is 11.1 Å². The molecule has 7 heteroatoms. The van der Waals surface area contributed by atoms with Gasteiger partial charge in [0.15, 0.2) is 17.2 Å². The van der Waals surface area contributed by atoms with Gasteiger partial charge in [-0.2, -0.15) is 0 Å². The number of hydrogen-bond donors (Lipinski definition) is 0. The van der Waals surface area contributed by atoms with Crippen molar-refractivity contribution in [2.24, 2.45) is 4.99 Å². The summed E-state index contributed by atoms with van der Waals surface area (Å²) in [4.78, 5) is 16.5. The molecule has 0 aliphatic carbocycles. The van der Waals surface area contributed by atoms with Crippen molar-refractivity contribution in [3.8, 4) is 17.2 Å². The molecule has 0 N–H and O–H groups in total. The van der Waals surface area contributed by atoms with Crippen LogP contribution in [0.2, 0.25) is 5.02 Å². The minimum Gasteiger partial charge on any atom is -0.493 e. The number of aliphatic imine (C=N–C) groups is 1. The Morgan fingerprint density at radius 1 is 0.962 bits per heavy atom. The number of rotatable bonds is 5. The van der Waals surface area contributed by atoms with E-state index >= 15 is 0 Å². The Bertz CT molecular complexity index is 903. The van der Waals surface area contributed by atoms with E-state index in [-0.39, 0.29) is 11.6 Å². The second kappa shape index (κ2) is 7.49. The van der Waals surface area contributed by atoms with Crippen LogP contribution in [0, 0.1) is 0 Å². The highest BCUT2D eigenvalue weighted by molar-refractivity contribution is 6.30. The molecule has 0 fully saturated rings. The molecule has 134 valence electrons. The van der Waals surface area contributed by atoms with Crippen LogP contribution in [0.5, 0.6) is 17.2 Å². The van der Waals surface area contributed by atoms with Gasteiger partial charge in [0.25, 0.3) is 0 Å². The van der Waals surface area contributed by atoms with E-state index < -0.39 is 5.97 Å². The average molecular weight is 374 g/mol. The maximum Gasteiger partial charge on any atom is 0.363 e. The molecule has 2 aromatic rings. The van der Waals surface area contributed by atoms with Gasteiger partial charge in [0.1, 0.15) is 0 Å². The number of carbonyl (C=O) groups excluding carboxylic acids is 1. The van der Waals surface area contributed by atoms with Gasteiger partial charge in [-0.05, 0) is 42.5 Å². The summed E-state index contributed by atoms with van der Waals surface area (Å²) < 4.78 is 21.3. The SMILES string of the molecule is COc1ccc(/C=C2/N=C(c3ccc(Cl)cc3)OC2=O)c(OC)c1OC. The Kier molecular flexibility index (Phi) is 5.14. The maximum absolute atomic E-state index is 12.2. The first-order valence-corrected chi connectivity index (χ1v) is 8.02. The molecular formula is C19H16ClNO5. The highest BCUT2D eigenvalue weighted by Gasteiger charge is 2.25. The normalized spacial score (nSPS) is 14.8. The monoisotopic (exact) mass is 373 g/mol. The van der Waals surface area contributed by atoms with Crippen molar-refractivity contribution in [2.45, 2.75) is 0 Å². The van der Waals surface area contributed by atoms with Crippen molar-refractivity contribution in [1.29, 1.82) is 0 Å². The molecule has 6 nitrogen and oxygen atoms in total. The molecule has 3 rings (SSSR count). The molecule has 0 spiro atoms. The predicted octanol–water partition coefficient (Wildman–Crippen LogP) is 3.71. The van der Waals surface area contributed by atoms with Gasteiger partial charge in [0.2, 0.25) is 11.6 Å². The Morgan fingerprint density at radius 2 is 1.65 bits per heavy atom. The van der Waals surface area contributed by atoms with Gasteiger partial charge < -0.3 is 18.9 Å². The molecule has 0 bridgehead atoms. The zero-order valence-electron chi connectivity index (χ0n) is 14.4. The van der Waals surface area contributed by atoms with Crippen molar-refractivity contribution >= 4 is 29.5 Å². The van der Waals surface area contributed by atoms with Crippen molar-refractivity contribution < 1.29 is 23.7 Å². The van der Waals surface area contributed by atoms with E-state index in [0.717, 1.165) is 0 Å². The number of nitrogens with zero attached hydrogens (tertiary/aromatic N) is 1. The second-order valence-corrected chi connectivity index (χ2v) is 5.70. The van der Waals surface area contributed by atoms with Crippen LogP contribution in [0.4, 0.5) is 0 Å². The summed E-state index contributed by atoms with van der Waals surface area (Å²) in [7, 11) is 4.55. The molecule has 26 heavy (non-hydrogen) atoms. The quantitative estimate of drug-likeness (QED) is 0.590. The summed E-state index contributed by atoms with van der Waals surface area (Å²) in [6.07, 6.45) is 1.58. The smallest absolute Gasteiger partial charge is 0.363 e. The number of halogens is 1. The molecule has 1 aliphatic heterocycles. The van der Waals surface area contributed by atoms with Gasteiger partial charge in [0, 0.05) is 16.1 Å². The number of cyclic esters (lactones) is 1. The van der Waals surface area contributed by atoms with Crippen LogP contribution >= 0.6 is 11.6 Å². The molecular weight excluding hydrogens is 358 g/mol. The van der Waals surface area contributed by atoms with Crippen LogP contribution in [-0.4, -0.2) is 33.2 Å². The number of esters is 1. The molecule has 2 aromatic carbocycles. The molecule has 0 saturated carbocycles. The standard InChI is InChI=1S/C19H16ClNO5/c1-23-15-9-6-12(16(24-2)17(15)25-3)10-14-19(22)26-18(21-14)11-4-7-13(20)8-5-11/h4-10H,1-3H3/b14-10+. The largest absolute Gasteiger partial charge is 0.493 e. The Hall–Kier alpha value is -2.99. The Balaban J connectivity index is 2.02. The van der Waals surface area contributed by atoms with Crippen molar-refractivity contribution in [1.82, 2.24) is 0 Å². The second-order valence-electron chi connectivity index (χ2n) is 5.27. The lowest BCUT2D eigenvalue weighted by atomic mass is 10.1. The van der Waals surface area contributed by atoms with Gasteiger partial charge >= 0.3 is 5.97 Å². The van der Waals surface area contributed by atoms with E-state index in [2.05, 4.69) is 4.99 Å². The average Bonchev–Trinajstić information content (AvgIpc) is 3.02. The molecule has 0 unspecified atom stereocenters. The van der Waals surface area contributed by atoms with Gasteiger partial charge in [0.05, 0.1) is 21.3 Å². The Morgan fingerprint density at radius 3 is 2.27 bits per heavy atom. The fourth-order valence-corrected chi connectivity index (χ4v) is 2.64. The number of ether oxygens (including phenoxy) is 4. The zero-order chi connectivity index (χ0) is 18.7. The first kappa shape index (κ1) is 17.8. The van der Waals surface area contributed by atoms with Crippen LogP contribution < -0.4 is 14.2 Å². The number of hydrogen-bond acceptors (Lipinski definition) is 6. The van der Waals surface area contributed by atoms with Gasteiger partial charge in [-0.15, -0.1) is 0 Å². The minimum absolute atomic E-state index is 0.153. The summed E-state index contributed by atoms with van der Waals surface area (Å²) in [6, 6.07) is 10.3. The Labute approximate surface area is 155 Å². The highest BCUT2D eigenvalue weighted by Crippen LogP contribution is 2.40.